The first kappa shape index (κ1) is 15.3. The van der Waals surface area contributed by atoms with Gasteiger partial charge in [-0.3, -0.25) is 9.59 Å². The molecule has 1 heterocycles. The molecule has 1 aromatic rings. The molecule has 6 heteroatoms. The van der Waals surface area contributed by atoms with Crippen molar-refractivity contribution in [2.24, 2.45) is 5.92 Å². The number of rotatable bonds is 4. The highest BCUT2D eigenvalue weighted by Gasteiger charge is 2.47. The summed E-state index contributed by atoms with van der Waals surface area (Å²) in [6.45, 7) is 1.23. The van der Waals surface area contributed by atoms with Gasteiger partial charge in [-0.05, 0) is 30.0 Å². The van der Waals surface area contributed by atoms with E-state index in [2.05, 4.69) is 0 Å². The number of amides is 1. The van der Waals surface area contributed by atoms with E-state index in [1.54, 1.807) is 4.90 Å². The lowest BCUT2D eigenvalue weighted by Crippen LogP contribution is -2.50. The van der Waals surface area contributed by atoms with Gasteiger partial charge in [0.15, 0.2) is 0 Å². The van der Waals surface area contributed by atoms with Gasteiger partial charge in [0.05, 0.1) is 25.7 Å². The molecule has 22 heavy (non-hydrogen) atoms. The Balaban J connectivity index is 1.67. The normalized spacial score (nSPS) is 27.5. The summed E-state index contributed by atoms with van der Waals surface area (Å²) in [7, 11) is 0. The molecular formula is C16H18ClNO4. The summed E-state index contributed by atoms with van der Waals surface area (Å²) in [5, 5.41) is 9.64. The Morgan fingerprint density at radius 3 is 2.95 bits per heavy atom. The quantitative estimate of drug-likeness (QED) is 0.922. The van der Waals surface area contributed by atoms with Gasteiger partial charge >= 0.3 is 5.97 Å². The highest BCUT2D eigenvalue weighted by atomic mass is 35.5. The summed E-state index contributed by atoms with van der Waals surface area (Å²) >= 11 is 6.00. The summed E-state index contributed by atoms with van der Waals surface area (Å²) in [4.78, 5) is 25.3. The summed E-state index contributed by atoms with van der Waals surface area (Å²) in [6.07, 6.45) is 0.733. The number of morpholine rings is 1. The molecule has 1 aliphatic carbocycles. The zero-order valence-electron chi connectivity index (χ0n) is 12.1. The standard InChI is InChI=1S/C16H18ClNO4/c17-11-3-1-2-10(6-11)13-8-14(13)16(21)18-4-5-22-9-12(18)7-15(19)20/h1-3,6,12-14H,4-5,7-9H2,(H,19,20). The van der Waals surface area contributed by atoms with Crippen molar-refractivity contribution in [3.63, 3.8) is 0 Å². The van der Waals surface area contributed by atoms with Crippen molar-refractivity contribution in [1.82, 2.24) is 4.90 Å². The summed E-state index contributed by atoms with van der Waals surface area (Å²) in [5.41, 5.74) is 1.08. The number of benzene rings is 1. The number of carboxylic acid groups (broad SMARTS) is 1. The number of hydrogen-bond donors (Lipinski definition) is 1. The zero-order chi connectivity index (χ0) is 15.7. The molecule has 1 saturated carbocycles. The highest BCUT2D eigenvalue weighted by molar-refractivity contribution is 6.30. The van der Waals surface area contributed by atoms with E-state index < -0.39 is 5.97 Å². The number of halogens is 1. The SMILES string of the molecule is O=C(O)CC1COCCN1C(=O)C1CC1c1cccc(Cl)c1. The Kier molecular flexibility index (Phi) is 4.36. The Morgan fingerprint density at radius 2 is 2.23 bits per heavy atom. The fourth-order valence-electron chi connectivity index (χ4n) is 3.10. The van der Waals surface area contributed by atoms with Gasteiger partial charge in [0.2, 0.25) is 5.91 Å². The van der Waals surface area contributed by atoms with Crippen LogP contribution in [0.3, 0.4) is 0 Å². The van der Waals surface area contributed by atoms with Crippen LogP contribution in [0.2, 0.25) is 5.02 Å². The van der Waals surface area contributed by atoms with Crippen LogP contribution in [0.5, 0.6) is 0 Å². The van der Waals surface area contributed by atoms with Gasteiger partial charge in [-0.1, -0.05) is 23.7 Å². The smallest absolute Gasteiger partial charge is 0.305 e. The molecule has 1 N–H and O–H groups in total. The van der Waals surface area contributed by atoms with E-state index in [0.717, 1.165) is 12.0 Å². The van der Waals surface area contributed by atoms with E-state index in [0.29, 0.717) is 24.8 Å². The first-order valence-electron chi connectivity index (χ1n) is 7.41. The summed E-state index contributed by atoms with van der Waals surface area (Å²) in [5.74, 6) is -0.734. The van der Waals surface area contributed by atoms with Crippen LogP contribution in [-0.4, -0.2) is 47.7 Å². The predicted octanol–water partition coefficient (Wildman–Crippen LogP) is 2.15. The second kappa shape index (κ2) is 6.26. The van der Waals surface area contributed by atoms with Gasteiger partial charge in [-0.25, -0.2) is 0 Å². The van der Waals surface area contributed by atoms with Crippen LogP contribution in [0.1, 0.15) is 24.3 Å². The molecule has 2 fully saturated rings. The molecule has 0 aromatic heterocycles. The summed E-state index contributed by atoms with van der Waals surface area (Å²) in [6, 6.07) is 7.22. The largest absolute Gasteiger partial charge is 0.481 e. The minimum Gasteiger partial charge on any atom is -0.481 e. The van der Waals surface area contributed by atoms with E-state index in [-0.39, 0.29) is 30.2 Å². The fraction of sp³-hybridized carbons (Fsp3) is 0.500. The number of nitrogens with zero attached hydrogens (tertiary/aromatic N) is 1. The number of carbonyl (C=O) groups is 2. The van der Waals surface area contributed by atoms with Gasteiger partial charge in [0.1, 0.15) is 0 Å². The van der Waals surface area contributed by atoms with Gasteiger partial charge in [-0.2, -0.15) is 0 Å². The monoisotopic (exact) mass is 323 g/mol. The highest BCUT2D eigenvalue weighted by Crippen LogP contribution is 2.49. The molecule has 3 rings (SSSR count). The minimum absolute atomic E-state index is 0.0412. The lowest BCUT2D eigenvalue weighted by molar-refractivity contribution is -0.147. The van der Waals surface area contributed by atoms with E-state index >= 15 is 0 Å². The second-order valence-corrected chi connectivity index (χ2v) is 6.30. The molecule has 0 bridgehead atoms. The molecule has 0 spiro atoms. The van der Waals surface area contributed by atoms with Crippen LogP contribution in [0.25, 0.3) is 0 Å². The first-order valence-corrected chi connectivity index (χ1v) is 7.79. The minimum atomic E-state index is -0.907. The molecule has 3 unspecified atom stereocenters. The third-order valence-electron chi connectivity index (χ3n) is 4.31. The Hall–Kier alpha value is -1.59. The molecule has 1 aromatic carbocycles. The molecule has 1 aliphatic heterocycles. The molecule has 3 atom stereocenters. The maximum absolute atomic E-state index is 12.7. The first-order chi connectivity index (χ1) is 10.6. The number of hydrogen-bond acceptors (Lipinski definition) is 3. The molecule has 5 nitrogen and oxygen atoms in total. The maximum atomic E-state index is 12.7. The maximum Gasteiger partial charge on any atom is 0.305 e. The second-order valence-electron chi connectivity index (χ2n) is 5.86. The van der Waals surface area contributed by atoms with Crippen molar-refractivity contribution >= 4 is 23.5 Å². The Morgan fingerprint density at radius 1 is 1.41 bits per heavy atom. The third kappa shape index (κ3) is 3.25. The van der Waals surface area contributed by atoms with Gasteiger partial charge in [-0.15, -0.1) is 0 Å². The Bertz CT molecular complexity index is 591. The average molecular weight is 324 g/mol. The molecule has 0 radical (unpaired) electrons. The number of carbonyl (C=O) groups excluding carboxylic acids is 1. The summed E-state index contributed by atoms with van der Waals surface area (Å²) < 4.78 is 5.32. The third-order valence-corrected chi connectivity index (χ3v) is 4.54. The van der Waals surface area contributed by atoms with Crippen LogP contribution in [0.4, 0.5) is 0 Å². The van der Waals surface area contributed by atoms with Crippen molar-refractivity contribution in [3.05, 3.63) is 34.9 Å². The topological polar surface area (TPSA) is 66.8 Å². The van der Waals surface area contributed by atoms with Crippen LogP contribution >= 0.6 is 11.6 Å². The Labute approximate surface area is 133 Å². The van der Waals surface area contributed by atoms with Crippen LogP contribution < -0.4 is 0 Å². The lowest BCUT2D eigenvalue weighted by atomic mass is 10.1. The van der Waals surface area contributed by atoms with Crippen molar-refractivity contribution in [1.29, 1.82) is 0 Å². The number of carboxylic acids is 1. The lowest BCUT2D eigenvalue weighted by Gasteiger charge is -2.35. The van der Waals surface area contributed by atoms with Crippen LogP contribution in [-0.2, 0) is 14.3 Å². The predicted molar refractivity (Wildman–Crippen MR) is 80.9 cm³/mol. The molecule has 118 valence electrons. The van der Waals surface area contributed by atoms with E-state index in [1.165, 1.54) is 0 Å². The number of aliphatic carboxylic acids is 1. The molecular weight excluding hydrogens is 306 g/mol. The fourth-order valence-corrected chi connectivity index (χ4v) is 3.30. The van der Waals surface area contributed by atoms with Crippen molar-refractivity contribution in [2.45, 2.75) is 24.8 Å². The van der Waals surface area contributed by atoms with E-state index in [1.807, 2.05) is 24.3 Å². The molecule has 1 amide bonds. The van der Waals surface area contributed by atoms with Gasteiger partial charge in [0, 0.05) is 17.5 Å². The molecule has 1 saturated heterocycles. The van der Waals surface area contributed by atoms with Crippen molar-refractivity contribution < 1.29 is 19.4 Å². The van der Waals surface area contributed by atoms with Crippen LogP contribution in [0, 0.1) is 5.92 Å². The van der Waals surface area contributed by atoms with Gasteiger partial charge < -0.3 is 14.7 Å². The van der Waals surface area contributed by atoms with Crippen LogP contribution in [0.15, 0.2) is 24.3 Å². The van der Waals surface area contributed by atoms with E-state index in [4.69, 9.17) is 21.4 Å². The zero-order valence-corrected chi connectivity index (χ0v) is 12.8. The van der Waals surface area contributed by atoms with Crippen molar-refractivity contribution in [2.75, 3.05) is 19.8 Å². The number of ether oxygens (including phenoxy) is 1. The average Bonchev–Trinajstić information content (AvgIpc) is 3.27. The van der Waals surface area contributed by atoms with Gasteiger partial charge in [0.25, 0.3) is 0 Å². The van der Waals surface area contributed by atoms with Crippen molar-refractivity contribution in [3.8, 4) is 0 Å². The van der Waals surface area contributed by atoms with E-state index in [9.17, 15) is 9.59 Å². The molecule has 2 aliphatic rings.